The van der Waals surface area contributed by atoms with Crippen LogP contribution in [0.15, 0.2) is 70.2 Å². The predicted molar refractivity (Wildman–Crippen MR) is 92.7 cm³/mol. The molecule has 0 saturated carbocycles. The summed E-state index contributed by atoms with van der Waals surface area (Å²) in [6, 6.07) is 13.0. The van der Waals surface area contributed by atoms with Gasteiger partial charge in [0.05, 0.1) is 4.92 Å². The number of nitro groups is 1. The van der Waals surface area contributed by atoms with Crippen LogP contribution in [-0.2, 0) is 4.79 Å². The molecule has 0 atom stereocenters. The van der Waals surface area contributed by atoms with Crippen molar-refractivity contribution in [3.05, 3.63) is 75.7 Å². The zero-order valence-corrected chi connectivity index (χ0v) is 13.6. The Morgan fingerprint density at radius 1 is 1.20 bits per heavy atom. The first-order chi connectivity index (χ1) is 11.9. The molecule has 0 fully saturated rings. The molecule has 2 N–H and O–H groups in total. The van der Waals surface area contributed by atoms with Gasteiger partial charge < -0.3 is 10.4 Å². The molecule has 1 amide bonds. The Kier molecular flexibility index (Phi) is 5.57. The Labute approximate surface area is 143 Å². The first kappa shape index (κ1) is 17.8. The van der Waals surface area contributed by atoms with Crippen LogP contribution in [0.2, 0.25) is 0 Å². The number of hydrogen-bond donors (Lipinski definition) is 2. The highest BCUT2D eigenvalue weighted by molar-refractivity contribution is 6.03. The van der Waals surface area contributed by atoms with E-state index in [-0.39, 0.29) is 22.8 Å². The first-order valence-electron chi connectivity index (χ1n) is 7.31. The highest BCUT2D eigenvalue weighted by Crippen LogP contribution is 2.29. The summed E-state index contributed by atoms with van der Waals surface area (Å²) in [4.78, 5) is 22.7. The standard InChI is InChI=1S/C17H16N4O4/c1-11-8-9-14(15(10-11)21(24)25)19-20-16(12(2)22)17(23)18-13-6-4-3-5-7-13/h3-10,22H,1-2H3,(H,18,23)/b16-12+,20-19+. The lowest BCUT2D eigenvalue weighted by Gasteiger charge is -2.05. The molecule has 8 nitrogen and oxygen atoms in total. The van der Waals surface area contributed by atoms with E-state index in [0.29, 0.717) is 11.3 Å². The van der Waals surface area contributed by atoms with Gasteiger partial charge in [-0.3, -0.25) is 14.9 Å². The van der Waals surface area contributed by atoms with Crippen LogP contribution in [-0.4, -0.2) is 15.9 Å². The molecule has 2 aromatic rings. The van der Waals surface area contributed by atoms with E-state index in [2.05, 4.69) is 15.5 Å². The van der Waals surface area contributed by atoms with E-state index in [4.69, 9.17) is 0 Å². The van der Waals surface area contributed by atoms with Crippen LogP contribution in [0.4, 0.5) is 17.1 Å². The van der Waals surface area contributed by atoms with Crippen LogP contribution < -0.4 is 5.32 Å². The number of carbonyl (C=O) groups is 1. The fourth-order valence-corrected chi connectivity index (χ4v) is 1.96. The smallest absolute Gasteiger partial charge is 0.296 e. The quantitative estimate of drug-likeness (QED) is 0.275. The summed E-state index contributed by atoms with van der Waals surface area (Å²) in [5.41, 5.74) is 0.632. The number of aliphatic hydroxyl groups is 1. The van der Waals surface area contributed by atoms with Crippen LogP contribution in [0.25, 0.3) is 0 Å². The molecule has 0 aliphatic rings. The lowest BCUT2D eigenvalue weighted by Crippen LogP contribution is -2.14. The van der Waals surface area contributed by atoms with Crippen molar-refractivity contribution in [1.29, 1.82) is 0 Å². The van der Waals surface area contributed by atoms with Crippen molar-refractivity contribution >= 4 is 23.0 Å². The topological polar surface area (TPSA) is 117 Å². The SMILES string of the molecule is C/C(O)=C(\N=N\c1ccc(C)cc1[N+](=O)[O-])C(=O)Nc1ccccc1. The highest BCUT2D eigenvalue weighted by Gasteiger charge is 2.16. The summed E-state index contributed by atoms with van der Waals surface area (Å²) in [7, 11) is 0. The van der Waals surface area contributed by atoms with Crippen LogP contribution in [0.3, 0.4) is 0 Å². The van der Waals surface area contributed by atoms with E-state index in [0.717, 1.165) is 0 Å². The van der Waals surface area contributed by atoms with E-state index in [1.807, 2.05) is 0 Å². The van der Waals surface area contributed by atoms with Crippen molar-refractivity contribution in [2.75, 3.05) is 5.32 Å². The molecule has 0 saturated heterocycles. The van der Waals surface area contributed by atoms with Crippen molar-refractivity contribution in [1.82, 2.24) is 0 Å². The third-order valence-corrected chi connectivity index (χ3v) is 3.17. The van der Waals surface area contributed by atoms with Crippen molar-refractivity contribution in [3.8, 4) is 0 Å². The second-order valence-corrected chi connectivity index (χ2v) is 5.20. The molecule has 0 unspecified atom stereocenters. The summed E-state index contributed by atoms with van der Waals surface area (Å²) >= 11 is 0. The van der Waals surface area contributed by atoms with Gasteiger partial charge in [-0.05, 0) is 37.6 Å². The minimum Gasteiger partial charge on any atom is -0.510 e. The number of anilines is 1. The minimum atomic E-state index is -0.676. The number of azo groups is 1. The van der Waals surface area contributed by atoms with Gasteiger partial charge in [0.15, 0.2) is 11.4 Å². The van der Waals surface area contributed by atoms with Gasteiger partial charge in [0.2, 0.25) is 0 Å². The number of nitrogens with one attached hydrogen (secondary N) is 1. The molecule has 8 heteroatoms. The van der Waals surface area contributed by atoms with Crippen LogP contribution in [0, 0.1) is 17.0 Å². The Bertz CT molecular complexity index is 856. The molecule has 0 radical (unpaired) electrons. The number of benzene rings is 2. The average Bonchev–Trinajstić information content (AvgIpc) is 2.56. The van der Waals surface area contributed by atoms with Gasteiger partial charge in [-0.1, -0.05) is 24.3 Å². The Morgan fingerprint density at radius 3 is 2.48 bits per heavy atom. The molecular weight excluding hydrogens is 324 g/mol. The number of hydrogen-bond acceptors (Lipinski definition) is 6. The highest BCUT2D eigenvalue weighted by atomic mass is 16.6. The van der Waals surface area contributed by atoms with Crippen LogP contribution in [0.1, 0.15) is 12.5 Å². The van der Waals surface area contributed by atoms with E-state index in [1.165, 1.54) is 19.1 Å². The lowest BCUT2D eigenvalue weighted by atomic mass is 10.2. The van der Waals surface area contributed by atoms with Gasteiger partial charge in [0, 0.05) is 11.8 Å². The van der Waals surface area contributed by atoms with E-state index in [9.17, 15) is 20.0 Å². The normalized spacial score (nSPS) is 11.9. The Hall–Kier alpha value is -3.55. The monoisotopic (exact) mass is 340 g/mol. The molecular formula is C17H16N4O4. The number of aryl methyl sites for hydroxylation is 1. The molecule has 2 aromatic carbocycles. The van der Waals surface area contributed by atoms with Crippen molar-refractivity contribution < 1.29 is 14.8 Å². The lowest BCUT2D eigenvalue weighted by molar-refractivity contribution is -0.384. The Morgan fingerprint density at radius 2 is 1.88 bits per heavy atom. The number of aliphatic hydroxyl groups excluding tert-OH is 1. The molecule has 0 aromatic heterocycles. The summed E-state index contributed by atoms with van der Waals surface area (Å²) < 4.78 is 0. The summed E-state index contributed by atoms with van der Waals surface area (Å²) in [6.45, 7) is 2.99. The molecule has 0 heterocycles. The maximum absolute atomic E-state index is 12.2. The van der Waals surface area contributed by atoms with Crippen LogP contribution in [0.5, 0.6) is 0 Å². The number of allylic oxidation sites excluding steroid dienone is 1. The van der Waals surface area contributed by atoms with E-state index < -0.39 is 10.8 Å². The molecule has 2 rings (SSSR count). The minimum absolute atomic E-state index is 0.0122. The number of rotatable bonds is 5. The van der Waals surface area contributed by atoms with Gasteiger partial charge in [0.25, 0.3) is 11.6 Å². The van der Waals surface area contributed by atoms with Crippen LogP contribution >= 0.6 is 0 Å². The largest absolute Gasteiger partial charge is 0.510 e. The zero-order valence-electron chi connectivity index (χ0n) is 13.6. The van der Waals surface area contributed by atoms with Crippen molar-refractivity contribution in [2.24, 2.45) is 10.2 Å². The number of carbonyl (C=O) groups excluding carboxylic acids is 1. The summed E-state index contributed by atoms with van der Waals surface area (Å²) in [5, 5.41) is 30.8. The molecule has 0 aliphatic heterocycles. The fraction of sp³-hybridized carbons (Fsp3) is 0.118. The second kappa shape index (κ2) is 7.82. The zero-order chi connectivity index (χ0) is 18.4. The second-order valence-electron chi connectivity index (χ2n) is 5.20. The van der Waals surface area contributed by atoms with Crippen molar-refractivity contribution in [2.45, 2.75) is 13.8 Å². The summed E-state index contributed by atoms with van der Waals surface area (Å²) in [5.74, 6) is -1.03. The predicted octanol–water partition coefficient (Wildman–Crippen LogP) is 4.42. The molecule has 0 spiro atoms. The number of amides is 1. The van der Waals surface area contributed by atoms with Gasteiger partial charge >= 0.3 is 0 Å². The van der Waals surface area contributed by atoms with Gasteiger partial charge in [0.1, 0.15) is 5.76 Å². The van der Waals surface area contributed by atoms with Gasteiger partial charge in [-0.15, -0.1) is 10.2 Å². The van der Waals surface area contributed by atoms with E-state index in [1.54, 1.807) is 43.3 Å². The molecule has 128 valence electrons. The summed E-state index contributed by atoms with van der Waals surface area (Å²) in [6.07, 6.45) is 0. The maximum atomic E-state index is 12.2. The first-order valence-corrected chi connectivity index (χ1v) is 7.31. The maximum Gasteiger partial charge on any atom is 0.296 e. The molecule has 0 bridgehead atoms. The number of nitro benzene ring substituents is 1. The Balaban J connectivity index is 2.29. The van der Waals surface area contributed by atoms with Gasteiger partial charge in [-0.2, -0.15) is 0 Å². The fourth-order valence-electron chi connectivity index (χ4n) is 1.96. The molecule has 25 heavy (non-hydrogen) atoms. The number of para-hydroxylation sites is 1. The van der Waals surface area contributed by atoms with Gasteiger partial charge in [-0.25, -0.2) is 0 Å². The van der Waals surface area contributed by atoms with E-state index >= 15 is 0 Å². The third-order valence-electron chi connectivity index (χ3n) is 3.17. The number of nitrogens with zero attached hydrogens (tertiary/aromatic N) is 3. The third kappa shape index (κ3) is 4.71. The average molecular weight is 340 g/mol. The molecule has 0 aliphatic carbocycles. The van der Waals surface area contributed by atoms with Crippen molar-refractivity contribution in [3.63, 3.8) is 0 Å².